The van der Waals surface area contributed by atoms with Gasteiger partial charge in [-0.15, -0.1) is 11.3 Å². The molecule has 0 unspecified atom stereocenters. The van der Waals surface area contributed by atoms with Crippen LogP contribution in [0.25, 0.3) is 0 Å². The Morgan fingerprint density at radius 1 is 1.42 bits per heavy atom. The average Bonchev–Trinajstić information content (AvgIpc) is 2.74. The molecule has 1 N–H and O–H groups in total. The van der Waals surface area contributed by atoms with Crippen molar-refractivity contribution in [3.8, 4) is 11.8 Å². The number of hydrogen-bond acceptors (Lipinski definition) is 5. The van der Waals surface area contributed by atoms with Gasteiger partial charge in [-0.1, -0.05) is 18.0 Å². The lowest BCUT2D eigenvalue weighted by atomic mass is 10.1. The monoisotopic (exact) mass is 361 g/mol. The molecule has 0 saturated heterocycles. The minimum absolute atomic E-state index is 0.182. The third-order valence-corrected chi connectivity index (χ3v) is 5.36. The predicted octanol–water partition coefficient (Wildman–Crippen LogP) is 3.95. The number of ether oxygens (including phenoxy) is 1. The van der Waals surface area contributed by atoms with E-state index in [2.05, 4.69) is 16.4 Å². The quantitative estimate of drug-likeness (QED) is 0.660. The van der Waals surface area contributed by atoms with Crippen LogP contribution in [0, 0.1) is 11.3 Å². The summed E-state index contributed by atoms with van der Waals surface area (Å²) in [6.07, 6.45) is 6.85. The number of aromatic nitrogens is 1. The molecule has 0 saturated carbocycles. The lowest BCUT2D eigenvalue weighted by Crippen LogP contribution is -2.20. The van der Waals surface area contributed by atoms with Crippen LogP contribution in [0.4, 0.5) is 5.00 Å². The summed E-state index contributed by atoms with van der Waals surface area (Å²) in [7, 11) is 0. The number of aryl methyl sites for hydroxylation is 1. The van der Waals surface area contributed by atoms with Crippen LogP contribution in [-0.2, 0) is 17.6 Å². The first-order chi connectivity index (χ1) is 11.7. The second-order valence-electron chi connectivity index (χ2n) is 5.51. The Morgan fingerprint density at radius 3 is 3.04 bits per heavy atom. The smallest absolute Gasteiger partial charge is 0.262 e. The first-order valence-electron chi connectivity index (χ1n) is 7.77. The van der Waals surface area contributed by atoms with Gasteiger partial charge in [0.1, 0.15) is 11.1 Å². The van der Waals surface area contributed by atoms with Gasteiger partial charge in [-0.05, 0) is 43.4 Å². The summed E-state index contributed by atoms with van der Waals surface area (Å²) < 4.78 is 5.38. The predicted molar refractivity (Wildman–Crippen MR) is 93.7 cm³/mol. The molecule has 1 aliphatic rings. The van der Waals surface area contributed by atoms with Gasteiger partial charge in [0, 0.05) is 11.1 Å². The van der Waals surface area contributed by atoms with Gasteiger partial charge in [-0.2, -0.15) is 5.26 Å². The molecule has 0 aromatic carbocycles. The molecular weight excluding hydrogens is 346 g/mol. The van der Waals surface area contributed by atoms with Gasteiger partial charge in [0.15, 0.2) is 17.5 Å². The average molecular weight is 362 g/mol. The summed E-state index contributed by atoms with van der Waals surface area (Å²) in [5, 5.41) is 13.1. The van der Waals surface area contributed by atoms with E-state index in [1.54, 1.807) is 18.3 Å². The number of halogens is 1. The third kappa shape index (κ3) is 3.69. The zero-order valence-corrected chi connectivity index (χ0v) is 14.5. The first-order valence-corrected chi connectivity index (χ1v) is 8.96. The number of carbonyl (C=O) groups excluding carboxylic acids is 1. The number of pyridine rings is 1. The van der Waals surface area contributed by atoms with E-state index in [-0.39, 0.29) is 17.7 Å². The van der Waals surface area contributed by atoms with Gasteiger partial charge in [-0.3, -0.25) is 4.79 Å². The maximum absolute atomic E-state index is 12.1. The van der Waals surface area contributed by atoms with E-state index in [9.17, 15) is 10.1 Å². The number of nitrogens with zero attached hydrogens (tertiary/aromatic N) is 2. The Hall–Kier alpha value is -2.10. The van der Waals surface area contributed by atoms with Crippen molar-refractivity contribution in [2.45, 2.75) is 32.1 Å². The highest BCUT2D eigenvalue weighted by Crippen LogP contribution is 2.36. The number of thiophene rings is 1. The van der Waals surface area contributed by atoms with Crippen molar-refractivity contribution in [3.63, 3.8) is 0 Å². The summed E-state index contributed by atoms with van der Waals surface area (Å²) in [5.74, 6) is 0.0413. The van der Waals surface area contributed by atoms with Gasteiger partial charge in [0.2, 0.25) is 0 Å². The molecule has 5 nitrogen and oxygen atoms in total. The maximum Gasteiger partial charge on any atom is 0.262 e. The molecule has 7 heteroatoms. The van der Waals surface area contributed by atoms with E-state index >= 15 is 0 Å². The molecule has 0 fully saturated rings. The van der Waals surface area contributed by atoms with Crippen LogP contribution in [0.15, 0.2) is 18.3 Å². The molecule has 0 radical (unpaired) electrons. The zero-order chi connectivity index (χ0) is 16.9. The Balaban J connectivity index is 1.69. The molecule has 0 bridgehead atoms. The molecular formula is C17H16ClN3O2S. The topological polar surface area (TPSA) is 75.0 Å². The Kier molecular flexibility index (Phi) is 5.34. The molecule has 2 aromatic heterocycles. The van der Waals surface area contributed by atoms with Crippen molar-refractivity contribution >= 4 is 33.8 Å². The number of carbonyl (C=O) groups is 1. The van der Waals surface area contributed by atoms with Crippen molar-refractivity contribution in [1.29, 1.82) is 5.26 Å². The van der Waals surface area contributed by atoms with E-state index in [0.717, 1.165) is 31.2 Å². The van der Waals surface area contributed by atoms with Gasteiger partial charge in [0.25, 0.3) is 5.91 Å². The van der Waals surface area contributed by atoms with Crippen LogP contribution in [0.1, 0.15) is 35.3 Å². The van der Waals surface area contributed by atoms with Crippen molar-refractivity contribution in [2.24, 2.45) is 0 Å². The highest BCUT2D eigenvalue weighted by Gasteiger charge is 2.21. The molecule has 0 spiro atoms. The van der Waals surface area contributed by atoms with Crippen LogP contribution < -0.4 is 10.1 Å². The van der Waals surface area contributed by atoms with Crippen LogP contribution in [-0.4, -0.2) is 17.5 Å². The molecule has 0 atom stereocenters. The molecule has 1 amide bonds. The number of amides is 1. The lowest BCUT2D eigenvalue weighted by Gasteiger charge is -2.07. The molecule has 24 heavy (non-hydrogen) atoms. The van der Waals surface area contributed by atoms with E-state index in [1.807, 2.05) is 0 Å². The van der Waals surface area contributed by atoms with E-state index in [1.165, 1.54) is 22.6 Å². The van der Waals surface area contributed by atoms with Gasteiger partial charge >= 0.3 is 0 Å². The standard InChI is InChI=1S/C17H16ClN3O2S/c18-16-13(6-4-8-20-16)23-10-15(22)21-17-12(9-19)11-5-2-1-3-7-14(11)24-17/h4,6,8H,1-3,5,7,10H2,(H,21,22). The summed E-state index contributed by atoms with van der Waals surface area (Å²) >= 11 is 7.40. The molecule has 0 aliphatic heterocycles. The number of nitrogens with one attached hydrogen (secondary N) is 1. The first kappa shape index (κ1) is 16.7. The van der Waals surface area contributed by atoms with E-state index in [4.69, 9.17) is 16.3 Å². The van der Waals surface area contributed by atoms with Gasteiger partial charge in [-0.25, -0.2) is 4.98 Å². The SMILES string of the molecule is N#Cc1c(NC(=O)COc2cccnc2Cl)sc2c1CCCCC2. The second kappa shape index (κ2) is 7.65. The van der Waals surface area contributed by atoms with Crippen LogP contribution in [0.5, 0.6) is 5.75 Å². The van der Waals surface area contributed by atoms with E-state index < -0.39 is 0 Å². The summed E-state index contributed by atoms with van der Waals surface area (Å²) in [6, 6.07) is 5.58. The van der Waals surface area contributed by atoms with Crippen molar-refractivity contribution in [1.82, 2.24) is 4.98 Å². The van der Waals surface area contributed by atoms with Gasteiger partial charge in [0.05, 0.1) is 5.56 Å². The fraction of sp³-hybridized carbons (Fsp3) is 0.353. The summed E-state index contributed by atoms with van der Waals surface area (Å²) in [6.45, 7) is -0.182. The fourth-order valence-corrected chi connectivity index (χ4v) is 4.16. The molecule has 2 aromatic rings. The van der Waals surface area contributed by atoms with Crippen LogP contribution >= 0.6 is 22.9 Å². The number of anilines is 1. The number of nitriles is 1. The Morgan fingerprint density at radius 2 is 2.25 bits per heavy atom. The summed E-state index contributed by atoms with van der Waals surface area (Å²) in [5.41, 5.74) is 1.70. The lowest BCUT2D eigenvalue weighted by molar-refractivity contribution is -0.118. The highest BCUT2D eigenvalue weighted by molar-refractivity contribution is 7.16. The highest BCUT2D eigenvalue weighted by atomic mass is 35.5. The van der Waals surface area contributed by atoms with Gasteiger partial charge < -0.3 is 10.1 Å². The Labute approximate surface area is 149 Å². The maximum atomic E-state index is 12.1. The molecule has 124 valence electrons. The second-order valence-corrected chi connectivity index (χ2v) is 6.97. The van der Waals surface area contributed by atoms with E-state index in [0.29, 0.717) is 16.3 Å². The summed E-state index contributed by atoms with van der Waals surface area (Å²) in [4.78, 5) is 17.3. The Bertz CT molecular complexity index is 798. The minimum Gasteiger partial charge on any atom is -0.481 e. The van der Waals surface area contributed by atoms with Crippen molar-refractivity contribution in [3.05, 3.63) is 39.5 Å². The van der Waals surface area contributed by atoms with Crippen molar-refractivity contribution < 1.29 is 9.53 Å². The normalized spacial score (nSPS) is 13.5. The number of rotatable bonds is 4. The molecule has 3 rings (SSSR count). The third-order valence-electron chi connectivity index (χ3n) is 3.87. The number of hydrogen-bond donors (Lipinski definition) is 1. The zero-order valence-electron chi connectivity index (χ0n) is 13.0. The van der Waals surface area contributed by atoms with Crippen LogP contribution in [0.2, 0.25) is 5.15 Å². The largest absolute Gasteiger partial charge is 0.481 e. The van der Waals surface area contributed by atoms with Crippen LogP contribution in [0.3, 0.4) is 0 Å². The number of fused-ring (bicyclic) bond motifs is 1. The minimum atomic E-state index is -0.317. The molecule has 2 heterocycles. The molecule has 1 aliphatic carbocycles. The van der Waals surface area contributed by atoms with Crippen molar-refractivity contribution in [2.75, 3.05) is 11.9 Å². The fourth-order valence-electron chi connectivity index (χ4n) is 2.73.